The maximum atomic E-state index is 5.69. The number of nitrogens with zero attached hydrogens (tertiary/aromatic N) is 1. The summed E-state index contributed by atoms with van der Waals surface area (Å²) in [6.45, 7) is 6.39. The molecule has 0 aromatic rings. The number of likely N-dealkylation sites (N-methyl/N-ethyl adjacent to an activating group) is 1. The van der Waals surface area contributed by atoms with Crippen LogP contribution in [0.25, 0.3) is 0 Å². The molecule has 1 aliphatic heterocycles. The summed E-state index contributed by atoms with van der Waals surface area (Å²) in [6, 6.07) is 0. The van der Waals surface area contributed by atoms with Gasteiger partial charge in [-0.15, -0.1) is 0 Å². The van der Waals surface area contributed by atoms with E-state index in [4.69, 9.17) is 9.47 Å². The molecule has 0 bridgehead atoms. The minimum atomic E-state index is 0.223. The van der Waals surface area contributed by atoms with Crippen molar-refractivity contribution >= 4 is 0 Å². The van der Waals surface area contributed by atoms with Crippen LogP contribution >= 0.6 is 0 Å². The molecular weight excluding hydrogens is 180 g/mol. The van der Waals surface area contributed by atoms with Crippen molar-refractivity contribution in [1.29, 1.82) is 0 Å². The van der Waals surface area contributed by atoms with Crippen molar-refractivity contribution < 1.29 is 9.47 Å². The Labute approximate surface area is 86.6 Å². The second-order valence-electron chi connectivity index (χ2n) is 4.11. The highest BCUT2D eigenvalue weighted by molar-refractivity contribution is 4.71. The van der Waals surface area contributed by atoms with E-state index in [1.165, 1.54) is 0 Å². The van der Waals surface area contributed by atoms with Gasteiger partial charge in [-0.25, -0.2) is 0 Å². The molecule has 0 aromatic heterocycles. The van der Waals surface area contributed by atoms with Gasteiger partial charge in [-0.1, -0.05) is 0 Å². The second-order valence-corrected chi connectivity index (χ2v) is 4.11. The third kappa shape index (κ3) is 4.91. The summed E-state index contributed by atoms with van der Waals surface area (Å²) < 4.78 is 11.2. The molecule has 1 saturated heterocycles. The minimum Gasteiger partial charge on any atom is -0.377 e. The summed E-state index contributed by atoms with van der Waals surface area (Å²) in [6.07, 6.45) is 0.534. The molecule has 14 heavy (non-hydrogen) atoms. The van der Waals surface area contributed by atoms with Crippen molar-refractivity contribution in [2.75, 3.05) is 46.9 Å². The largest absolute Gasteiger partial charge is 0.377 e. The van der Waals surface area contributed by atoms with Gasteiger partial charge in [-0.3, -0.25) is 0 Å². The number of morpholine rings is 1. The van der Waals surface area contributed by atoms with E-state index in [9.17, 15) is 0 Å². The number of hydrogen-bond acceptors (Lipinski definition) is 4. The quantitative estimate of drug-likeness (QED) is 0.633. The zero-order chi connectivity index (χ0) is 10.4. The molecule has 0 aliphatic carbocycles. The second kappa shape index (κ2) is 6.35. The number of ether oxygens (including phenoxy) is 2. The third-order valence-electron chi connectivity index (χ3n) is 2.22. The monoisotopic (exact) mass is 202 g/mol. The molecule has 1 heterocycles. The molecule has 0 spiro atoms. The number of rotatable bonds is 5. The average Bonchev–Trinajstić information content (AvgIpc) is 2.12. The van der Waals surface area contributed by atoms with Crippen molar-refractivity contribution in [2.24, 2.45) is 0 Å². The lowest BCUT2D eigenvalue weighted by molar-refractivity contribution is -0.0694. The van der Waals surface area contributed by atoms with Crippen LogP contribution in [0.4, 0.5) is 0 Å². The summed E-state index contributed by atoms with van der Waals surface area (Å²) >= 11 is 0. The fourth-order valence-corrected chi connectivity index (χ4v) is 1.43. The van der Waals surface area contributed by atoms with E-state index in [0.29, 0.717) is 12.7 Å². The highest BCUT2D eigenvalue weighted by Gasteiger charge is 2.18. The van der Waals surface area contributed by atoms with Gasteiger partial charge in [0.15, 0.2) is 0 Å². The van der Waals surface area contributed by atoms with Crippen LogP contribution in [-0.2, 0) is 9.47 Å². The molecular formula is C10H22N2O2. The van der Waals surface area contributed by atoms with E-state index in [1.54, 1.807) is 0 Å². The van der Waals surface area contributed by atoms with Crippen LogP contribution in [0.1, 0.15) is 6.92 Å². The Morgan fingerprint density at radius 3 is 2.86 bits per heavy atom. The van der Waals surface area contributed by atoms with Crippen LogP contribution < -0.4 is 5.32 Å². The maximum absolute atomic E-state index is 5.69. The summed E-state index contributed by atoms with van der Waals surface area (Å²) in [7, 11) is 4.09. The molecule has 4 heteroatoms. The van der Waals surface area contributed by atoms with Gasteiger partial charge < -0.3 is 19.7 Å². The molecule has 0 aromatic carbocycles. The maximum Gasteiger partial charge on any atom is 0.0936 e. The van der Waals surface area contributed by atoms with E-state index in [1.807, 2.05) is 14.1 Å². The van der Waals surface area contributed by atoms with Crippen LogP contribution in [0.5, 0.6) is 0 Å². The number of nitrogens with one attached hydrogen (secondary N) is 1. The molecule has 1 rings (SSSR count). The van der Waals surface area contributed by atoms with Crippen molar-refractivity contribution in [1.82, 2.24) is 10.2 Å². The first-order valence-electron chi connectivity index (χ1n) is 5.27. The predicted octanol–water partition coefficient (Wildman–Crippen LogP) is -0.0585. The lowest BCUT2D eigenvalue weighted by atomic mass is 10.2. The van der Waals surface area contributed by atoms with Gasteiger partial charge >= 0.3 is 0 Å². The Morgan fingerprint density at radius 2 is 2.21 bits per heavy atom. The normalized spacial score (nSPS) is 28.3. The Kier molecular flexibility index (Phi) is 5.40. The fourth-order valence-electron chi connectivity index (χ4n) is 1.43. The average molecular weight is 202 g/mol. The molecule has 1 fully saturated rings. The molecule has 2 atom stereocenters. The van der Waals surface area contributed by atoms with E-state index in [-0.39, 0.29) is 6.10 Å². The first-order valence-corrected chi connectivity index (χ1v) is 5.27. The fraction of sp³-hybridized carbons (Fsp3) is 1.00. The molecule has 0 amide bonds. The molecule has 1 N–H and O–H groups in total. The van der Waals surface area contributed by atoms with Crippen LogP contribution in [0.3, 0.4) is 0 Å². The molecule has 0 saturated carbocycles. The van der Waals surface area contributed by atoms with Crippen molar-refractivity contribution in [3.05, 3.63) is 0 Å². The molecule has 0 radical (unpaired) electrons. The Bertz CT molecular complexity index is 153. The minimum absolute atomic E-state index is 0.223. The highest BCUT2D eigenvalue weighted by Crippen LogP contribution is 2.03. The van der Waals surface area contributed by atoms with Gasteiger partial charge in [0.1, 0.15) is 0 Å². The Morgan fingerprint density at radius 1 is 1.43 bits per heavy atom. The van der Waals surface area contributed by atoms with Gasteiger partial charge in [0, 0.05) is 19.6 Å². The summed E-state index contributed by atoms with van der Waals surface area (Å²) in [4.78, 5) is 2.11. The predicted molar refractivity (Wildman–Crippen MR) is 56.6 cm³/mol. The zero-order valence-electron chi connectivity index (χ0n) is 9.45. The molecule has 1 aliphatic rings. The number of hydrogen-bond donors (Lipinski definition) is 1. The van der Waals surface area contributed by atoms with Gasteiger partial charge in [0.25, 0.3) is 0 Å². The van der Waals surface area contributed by atoms with E-state index in [0.717, 1.165) is 26.2 Å². The SMILES string of the molecule is CC1CNCC(COCCN(C)C)O1. The molecule has 84 valence electrons. The van der Waals surface area contributed by atoms with Crippen molar-refractivity contribution in [3.8, 4) is 0 Å². The van der Waals surface area contributed by atoms with E-state index >= 15 is 0 Å². The summed E-state index contributed by atoms with van der Waals surface area (Å²) in [5, 5.41) is 3.32. The lowest BCUT2D eigenvalue weighted by Crippen LogP contribution is -2.45. The van der Waals surface area contributed by atoms with Crippen LogP contribution in [0.2, 0.25) is 0 Å². The van der Waals surface area contributed by atoms with Gasteiger partial charge in [0.05, 0.1) is 25.4 Å². The van der Waals surface area contributed by atoms with Crippen LogP contribution in [0, 0.1) is 0 Å². The van der Waals surface area contributed by atoms with E-state index < -0.39 is 0 Å². The summed E-state index contributed by atoms with van der Waals surface area (Å²) in [5.74, 6) is 0. The van der Waals surface area contributed by atoms with Gasteiger partial charge in [-0.05, 0) is 21.0 Å². The topological polar surface area (TPSA) is 33.7 Å². The third-order valence-corrected chi connectivity index (χ3v) is 2.22. The van der Waals surface area contributed by atoms with Gasteiger partial charge in [0.2, 0.25) is 0 Å². The lowest BCUT2D eigenvalue weighted by Gasteiger charge is -2.28. The first-order chi connectivity index (χ1) is 6.68. The highest BCUT2D eigenvalue weighted by atomic mass is 16.5. The van der Waals surface area contributed by atoms with Crippen molar-refractivity contribution in [3.63, 3.8) is 0 Å². The standard InChI is InChI=1S/C10H22N2O2/c1-9-6-11-7-10(14-9)8-13-5-4-12(2)3/h9-11H,4-8H2,1-3H3. The zero-order valence-corrected chi connectivity index (χ0v) is 9.45. The van der Waals surface area contributed by atoms with Crippen molar-refractivity contribution in [2.45, 2.75) is 19.1 Å². The molecule has 2 unspecified atom stereocenters. The van der Waals surface area contributed by atoms with Crippen LogP contribution in [-0.4, -0.2) is 64.1 Å². The Balaban J connectivity index is 2.00. The molecule has 4 nitrogen and oxygen atoms in total. The van der Waals surface area contributed by atoms with Gasteiger partial charge in [-0.2, -0.15) is 0 Å². The van der Waals surface area contributed by atoms with Crippen LogP contribution in [0.15, 0.2) is 0 Å². The Hall–Kier alpha value is -0.160. The smallest absolute Gasteiger partial charge is 0.0936 e. The first kappa shape index (κ1) is 11.9. The summed E-state index contributed by atoms with van der Waals surface area (Å²) in [5.41, 5.74) is 0. The van der Waals surface area contributed by atoms with E-state index in [2.05, 4.69) is 17.1 Å².